The lowest BCUT2D eigenvalue weighted by Gasteiger charge is -2.16. The van der Waals surface area contributed by atoms with Gasteiger partial charge in [0.2, 0.25) is 0 Å². The minimum Gasteiger partial charge on any atom is -0.497 e. The highest BCUT2D eigenvalue weighted by molar-refractivity contribution is 8.27. The number of benzene rings is 3. The molecule has 1 fully saturated rings. The predicted molar refractivity (Wildman–Crippen MR) is 147 cm³/mol. The third kappa shape index (κ3) is 6.70. The van der Waals surface area contributed by atoms with Crippen LogP contribution in [-0.2, 0) is 15.8 Å². The lowest BCUT2D eigenvalue weighted by Crippen LogP contribution is -2.27. The van der Waals surface area contributed by atoms with Crippen molar-refractivity contribution in [3.8, 4) is 17.2 Å². The number of methoxy groups -OCH3 is 2. The Bertz CT molecular complexity index is 1440. The van der Waals surface area contributed by atoms with Crippen molar-refractivity contribution in [1.82, 2.24) is 0 Å². The fraction of sp³-hybridized carbons (Fsp3) is 0.148. The van der Waals surface area contributed by atoms with E-state index in [1.54, 1.807) is 55.7 Å². The number of rotatable bonds is 8. The fourth-order valence-corrected chi connectivity index (χ4v) is 4.87. The summed E-state index contributed by atoms with van der Waals surface area (Å²) >= 11 is 6.25. The number of amides is 2. The van der Waals surface area contributed by atoms with E-state index in [-0.39, 0.29) is 27.4 Å². The second kappa shape index (κ2) is 11.8. The number of alkyl halides is 3. The van der Waals surface area contributed by atoms with Crippen molar-refractivity contribution in [3.05, 3.63) is 82.8 Å². The number of anilines is 2. The third-order valence-electron chi connectivity index (χ3n) is 5.44. The van der Waals surface area contributed by atoms with Gasteiger partial charge >= 0.3 is 6.18 Å². The molecule has 39 heavy (non-hydrogen) atoms. The predicted octanol–water partition coefficient (Wildman–Crippen LogP) is 6.15. The van der Waals surface area contributed by atoms with E-state index in [0.29, 0.717) is 28.5 Å². The lowest BCUT2D eigenvalue weighted by molar-refractivity contribution is -0.137. The first-order chi connectivity index (χ1) is 18.6. The molecule has 0 aliphatic carbocycles. The molecule has 1 aliphatic rings. The molecule has 0 radical (unpaired) electrons. The highest BCUT2D eigenvalue weighted by Crippen LogP contribution is 2.39. The minimum atomic E-state index is -4.55. The van der Waals surface area contributed by atoms with Crippen LogP contribution >= 0.6 is 24.0 Å². The van der Waals surface area contributed by atoms with Crippen molar-refractivity contribution >= 4 is 57.6 Å². The Labute approximate surface area is 231 Å². The van der Waals surface area contributed by atoms with Crippen molar-refractivity contribution in [3.63, 3.8) is 0 Å². The molecule has 3 aromatic rings. The number of hydrogen-bond acceptors (Lipinski definition) is 7. The average Bonchev–Trinajstić information content (AvgIpc) is 3.19. The molecule has 0 spiro atoms. The number of carbonyl (C=O) groups is 2. The number of nitrogens with one attached hydrogen (secondary N) is 1. The molecule has 0 unspecified atom stereocenters. The molecule has 12 heteroatoms. The van der Waals surface area contributed by atoms with Gasteiger partial charge in [0.1, 0.15) is 5.75 Å². The normalized spacial score (nSPS) is 14.5. The molecule has 2 amide bonds. The van der Waals surface area contributed by atoms with Crippen LogP contribution in [0.2, 0.25) is 0 Å². The van der Waals surface area contributed by atoms with E-state index in [0.717, 1.165) is 28.8 Å². The Morgan fingerprint density at radius 2 is 1.77 bits per heavy atom. The highest BCUT2D eigenvalue weighted by atomic mass is 32.2. The van der Waals surface area contributed by atoms with Gasteiger partial charge in [-0.25, -0.2) is 0 Å². The molecule has 4 rings (SSSR count). The summed E-state index contributed by atoms with van der Waals surface area (Å²) in [5.41, 5.74) is 0.293. The van der Waals surface area contributed by atoms with Gasteiger partial charge in [0.25, 0.3) is 11.8 Å². The number of hydrogen-bond donors (Lipinski definition) is 1. The van der Waals surface area contributed by atoms with Crippen LogP contribution in [0.1, 0.15) is 11.1 Å². The molecule has 0 atom stereocenters. The summed E-state index contributed by atoms with van der Waals surface area (Å²) in [5, 5.41) is 2.71. The van der Waals surface area contributed by atoms with E-state index in [4.69, 9.17) is 26.4 Å². The van der Waals surface area contributed by atoms with Crippen LogP contribution in [-0.4, -0.2) is 37.0 Å². The molecule has 0 aromatic heterocycles. The molecule has 1 saturated heterocycles. The Hall–Kier alpha value is -4.03. The highest BCUT2D eigenvalue weighted by Gasteiger charge is 2.36. The summed E-state index contributed by atoms with van der Waals surface area (Å²) < 4.78 is 55.6. The summed E-state index contributed by atoms with van der Waals surface area (Å²) in [4.78, 5) is 26.6. The van der Waals surface area contributed by atoms with Crippen LogP contribution in [0.25, 0.3) is 6.08 Å². The minimum absolute atomic E-state index is 0.0324. The monoisotopic (exact) mass is 574 g/mol. The fourth-order valence-electron chi connectivity index (χ4n) is 3.57. The summed E-state index contributed by atoms with van der Waals surface area (Å²) in [7, 11) is 2.97. The number of nitrogens with zero attached hydrogens (tertiary/aromatic N) is 1. The van der Waals surface area contributed by atoms with Crippen LogP contribution in [0.3, 0.4) is 0 Å². The van der Waals surface area contributed by atoms with Gasteiger partial charge in [-0.2, -0.15) is 13.2 Å². The van der Waals surface area contributed by atoms with Gasteiger partial charge in [-0.05, 0) is 66.2 Å². The van der Waals surface area contributed by atoms with E-state index in [2.05, 4.69) is 5.32 Å². The zero-order chi connectivity index (χ0) is 28.2. The molecule has 1 N–H and O–H groups in total. The van der Waals surface area contributed by atoms with Crippen LogP contribution in [0.5, 0.6) is 17.2 Å². The Morgan fingerprint density at radius 3 is 2.44 bits per heavy atom. The lowest BCUT2D eigenvalue weighted by atomic mass is 10.1. The van der Waals surface area contributed by atoms with Crippen molar-refractivity contribution in [2.24, 2.45) is 0 Å². The standard InChI is InChI=1S/C27H21F3N2O5S2/c1-35-20-9-7-18(8-10-20)31-24(33)15-37-21-11-6-16(12-22(21)36-2)13-23-25(34)32(26(38)39-23)19-5-3-4-17(14-19)27(28,29)30/h3-14H,15H2,1-2H3,(H,31,33)/b23-13-. The maximum Gasteiger partial charge on any atom is 0.416 e. The van der Waals surface area contributed by atoms with E-state index >= 15 is 0 Å². The first-order valence-corrected chi connectivity index (χ1v) is 12.5. The quantitative estimate of drug-likeness (QED) is 0.256. The number of carbonyl (C=O) groups excluding carboxylic acids is 2. The molecular weight excluding hydrogens is 553 g/mol. The first-order valence-electron chi connectivity index (χ1n) is 11.3. The van der Waals surface area contributed by atoms with E-state index in [1.807, 2.05) is 0 Å². The van der Waals surface area contributed by atoms with E-state index in [9.17, 15) is 22.8 Å². The molecule has 0 saturated carbocycles. The van der Waals surface area contributed by atoms with E-state index in [1.165, 1.54) is 19.2 Å². The molecule has 202 valence electrons. The summed E-state index contributed by atoms with van der Waals surface area (Å²) in [6, 6.07) is 16.1. The molecule has 1 aliphatic heterocycles. The second-order valence-electron chi connectivity index (χ2n) is 8.04. The summed E-state index contributed by atoms with van der Waals surface area (Å²) in [6.07, 6.45) is -3.00. The average molecular weight is 575 g/mol. The van der Waals surface area contributed by atoms with Crippen molar-refractivity contribution < 1.29 is 37.0 Å². The molecule has 1 heterocycles. The van der Waals surface area contributed by atoms with Gasteiger partial charge in [-0.3, -0.25) is 14.5 Å². The van der Waals surface area contributed by atoms with Gasteiger partial charge in [-0.15, -0.1) is 0 Å². The van der Waals surface area contributed by atoms with Crippen molar-refractivity contribution in [1.29, 1.82) is 0 Å². The van der Waals surface area contributed by atoms with Gasteiger partial charge in [-0.1, -0.05) is 36.1 Å². The number of thiocarbonyl (C=S) groups is 1. The van der Waals surface area contributed by atoms with Crippen LogP contribution in [0.4, 0.5) is 24.5 Å². The Morgan fingerprint density at radius 1 is 1.03 bits per heavy atom. The SMILES string of the molecule is COc1ccc(NC(=O)COc2ccc(/C=C3\SC(=S)N(c4cccc(C(F)(F)F)c4)C3=O)cc2OC)cc1. The largest absolute Gasteiger partial charge is 0.497 e. The molecule has 0 bridgehead atoms. The van der Waals surface area contributed by atoms with Crippen LogP contribution < -0.4 is 24.4 Å². The third-order valence-corrected chi connectivity index (χ3v) is 6.75. The van der Waals surface area contributed by atoms with Crippen LogP contribution in [0, 0.1) is 0 Å². The van der Waals surface area contributed by atoms with Crippen molar-refractivity contribution in [2.75, 3.05) is 31.0 Å². The molecule has 3 aromatic carbocycles. The van der Waals surface area contributed by atoms with Crippen LogP contribution in [0.15, 0.2) is 71.6 Å². The number of thioether (sulfide) groups is 1. The van der Waals surface area contributed by atoms with Crippen molar-refractivity contribution in [2.45, 2.75) is 6.18 Å². The maximum absolute atomic E-state index is 13.1. The number of ether oxygens (including phenoxy) is 3. The zero-order valence-electron chi connectivity index (χ0n) is 20.6. The van der Waals surface area contributed by atoms with Gasteiger partial charge in [0, 0.05) is 5.69 Å². The first kappa shape index (κ1) is 28.0. The van der Waals surface area contributed by atoms with Gasteiger partial charge in [0.15, 0.2) is 22.4 Å². The zero-order valence-corrected chi connectivity index (χ0v) is 22.2. The topological polar surface area (TPSA) is 77.1 Å². The molecular formula is C27H21F3N2O5S2. The Balaban J connectivity index is 1.45. The smallest absolute Gasteiger partial charge is 0.416 e. The van der Waals surface area contributed by atoms with Gasteiger partial charge in [0.05, 0.1) is 30.4 Å². The molecule has 7 nitrogen and oxygen atoms in total. The van der Waals surface area contributed by atoms with E-state index < -0.39 is 17.6 Å². The summed E-state index contributed by atoms with van der Waals surface area (Å²) in [6.45, 7) is -0.280. The number of halogens is 3. The maximum atomic E-state index is 13.1. The Kier molecular flexibility index (Phi) is 8.46. The van der Waals surface area contributed by atoms with Gasteiger partial charge < -0.3 is 19.5 Å². The second-order valence-corrected chi connectivity index (χ2v) is 9.72. The summed E-state index contributed by atoms with van der Waals surface area (Å²) in [5.74, 6) is 0.348.